The van der Waals surface area contributed by atoms with E-state index >= 15 is 0 Å². The predicted octanol–water partition coefficient (Wildman–Crippen LogP) is 4.67. The number of anilines is 4. The molecule has 0 aliphatic rings. The highest BCUT2D eigenvalue weighted by Gasteiger charge is 2.04. The zero-order chi connectivity index (χ0) is 15.2. The Hall–Kier alpha value is -3.21. The fourth-order valence-corrected chi connectivity index (χ4v) is 1.95. The van der Waals surface area contributed by atoms with Crippen LogP contribution in [-0.4, -0.2) is 6.03 Å². The molecule has 0 aliphatic heterocycles. The molecule has 22 heavy (non-hydrogen) atoms. The molecule has 1 heterocycles. The van der Waals surface area contributed by atoms with E-state index in [0.29, 0.717) is 11.6 Å². The van der Waals surface area contributed by atoms with E-state index in [9.17, 15) is 4.79 Å². The Kier molecular flexibility index (Phi) is 4.06. The van der Waals surface area contributed by atoms with E-state index in [-0.39, 0.29) is 6.03 Å². The van der Waals surface area contributed by atoms with Crippen molar-refractivity contribution in [1.82, 2.24) is 0 Å². The van der Waals surface area contributed by atoms with Crippen LogP contribution in [0.5, 0.6) is 0 Å². The summed E-state index contributed by atoms with van der Waals surface area (Å²) in [5.74, 6) is 0.403. The number of nitrogens with one attached hydrogen (secondary N) is 3. The third kappa shape index (κ3) is 3.67. The summed E-state index contributed by atoms with van der Waals surface area (Å²) < 4.78 is 5.05. The number of para-hydroxylation sites is 1. The third-order valence-corrected chi connectivity index (χ3v) is 2.96. The van der Waals surface area contributed by atoms with Crippen LogP contribution in [-0.2, 0) is 0 Å². The Morgan fingerprint density at radius 2 is 1.41 bits per heavy atom. The average molecular weight is 293 g/mol. The highest BCUT2D eigenvalue weighted by atomic mass is 16.3. The first-order chi connectivity index (χ1) is 10.8. The van der Waals surface area contributed by atoms with Crippen LogP contribution in [0.1, 0.15) is 0 Å². The van der Waals surface area contributed by atoms with Gasteiger partial charge in [0.1, 0.15) is 0 Å². The van der Waals surface area contributed by atoms with Crippen LogP contribution < -0.4 is 16.0 Å². The van der Waals surface area contributed by atoms with Crippen molar-refractivity contribution < 1.29 is 9.21 Å². The van der Waals surface area contributed by atoms with Crippen LogP contribution in [0.4, 0.5) is 27.7 Å². The summed E-state index contributed by atoms with van der Waals surface area (Å²) in [7, 11) is 0. The summed E-state index contributed by atoms with van der Waals surface area (Å²) >= 11 is 0. The van der Waals surface area contributed by atoms with Crippen LogP contribution >= 0.6 is 0 Å². The molecule has 0 bridgehead atoms. The molecule has 1 aromatic heterocycles. The smallest absolute Gasteiger partial charge is 0.326 e. The van der Waals surface area contributed by atoms with Crippen molar-refractivity contribution >= 4 is 29.0 Å². The molecule has 0 spiro atoms. The first-order valence-corrected chi connectivity index (χ1v) is 6.83. The van der Waals surface area contributed by atoms with Gasteiger partial charge in [-0.15, -0.1) is 0 Å². The van der Waals surface area contributed by atoms with Gasteiger partial charge >= 0.3 is 6.03 Å². The van der Waals surface area contributed by atoms with Crippen molar-refractivity contribution in [2.45, 2.75) is 0 Å². The lowest BCUT2D eigenvalue weighted by atomic mass is 10.2. The molecule has 3 rings (SSSR count). The van der Waals surface area contributed by atoms with Crippen LogP contribution in [0.25, 0.3) is 0 Å². The summed E-state index contributed by atoms with van der Waals surface area (Å²) in [6.45, 7) is 0. The van der Waals surface area contributed by atoms with Gasteiger partial charge in [-0.05, 0) is 42.5 Å². The minimum absolute atomic E-state index is 0.348. The summed E-state index contributed by atoms with van der Waals surface area (Å²) in [6, 6.07) is 20.4. The molecular weight excluding hydrogens is 278 g/mol. The monoisotopic (exact) mass is 293 g/mol. The topological polar surface area (TPSA) is 66.3 Å². The number of hydrogen-bond donors (Lipinski definition) is 3. The molecule has 5 heteroatoms. The lowest BCUT2D eigenvalue weighted by molar-refractivity contribution is 0.261. The number of furan rings is 1. The van der Waals surface area contributed by atoms with Gasteiger partial charge in [-0.3, -0.25) is 5.32 Å². The van der Waals surface area contributed by atoms with Crippen molar-refractivity contribution in [1.29, 1.82) is 0 Å². The van der Waals surface area contributed by atoms with E-state index in [1.54, 1.807) is 12.1 Å². The van der Waals surface area contributed by atoms with Gasteiger partial charge in [-0.25, -0.2) is 4.79 Å². The molecule has 0 radical (unpaired) electrons. The van der Waals surface area contributed by atoms with Gasteiger partial charge in [0, 0.05) is 23.1 Å². The number of rotatable bonds is 4. The Balaban J connectivity index is 1.58. The van der Waals surface area contributed by atoms with Crippen LogP contribution in [0.3, 0.4) is 0 Å². The van der Waals surface area contributed by atoms with Crippen molar-refractivity contribution in [2.24, 2.45) is 0 Å². The molecule has 110 valence electrons. The summed E-state index contributed by atoms with van der Waals surface area (Å²) in [5, 5.41) is 8.60. The SMILES string of the molecule is O=C(Nc1ccc(Nc2ccccc2)cc1)Nc1ccco1. The van der Waals surface area contributed by atoms with Gasteiger partial charge in [0.15, 0.2) is 0 Å². The Morgan fingerprint density at radius 3 is 2.09 bits per heavy atom. The highest BCUT2D eigenvalue weighted by Crippen LogP contribution is 2.18. The molecule has 0 saturated heterocycles. The van der Waals surface area contributed by atoms with E-state index in [0.717, 1.165) is 11.4 Å². The van der Waals surface area contributed by atoms with Crippen LogP contribution in [0.15, 0.2) is 77.4 Å². The first-order valence-electron chi connectivity index (χ1n) is 6.83. The molecule has 5 nitrogen and oxygen atoms in total. The molecule has 3 aromatic rings. The fraction of sp³-hybridized carbons (Fsp3) is 0. The largest absolute Gasteiger partial charge is 0.449 e. The lowest BCUT2D eigenvalue weighted by Gasteiger charge is -2.08. The lowest BCUT2D eigenvalue weighted by Crippen LogP contribution is -2.18. The number of carbonyl (C=O) groups excluding carboxylic acids is 1. The number of hydrogen-bond acceptors (Lipinski definition) is 3. The Bertz CT molecular complexity index is 722. The zero-order valence-corrected chi connectivity index (χ0v) is 11.7. The van der Waals surface area contributed by atoms with Gasteiger partial charge in [0.2, 0.25) is 5.88 Å². The molecule has 0 aliphatic carbocycles. The van der Waals surface area contributed by atoms with E-state index in [2.05, 4.69) is 16.0 Å². The average Bonchev–Trinajstić information content (AvgIpc) is 3.03. The van der Waals surface area contributed by atoms with E-state index < -0.39 is 0 Å². The minimum Gasteiger partial charge on any atom is -0.449 e. The quantitative estimate of drug-likeness (QED) is 0.655. The van der Waals surface area contributed by atoms with Gasteiger partial charge in [0.25, 0.3) is 0 Å². The molecule has 0 unspecified atom stereocenters. The Morgan fingerprint density at radius 1 is 0.727 bits per heavy atom. The second-order valence-electron chi connectivity index (χ2n) is 4.62. The molecular formula is C17H15N3O2. The van der Waals surface area contributed by atoms with Crippen molar-refractivity contribution in [3.8, 4) is 0 Å². The molecule has 0 saturated carbocycles. The maximum Gasteiger partial charge on any atom is 0.326 e. The number of carbonyl (C=O) groups is 1. The second-order valence-corrected chi connectivity index (χ2v) is 4.62. The molecule has 0 atom stereocenters. The fourth-order valence-electron chi connectivity index (χ4n) is 1.95. The molecule has 3 N–H and O–H groups in total. The van der Waals surface area contributed by atoms with Crippen molar-refractivity contribution in [2.75, 3.05) is 16.0 Å². The minimum atomic E-state index is -0.348. The van der Waals surface area contributed by atoms with E-state index in [1.807, 2.05) is 54.6 Å². The number of urea groups is 1. The van der Waals surface area contributed by atoms with Gasteiger partial charge in [-0.2, -0.15) is 0 Å². The maximum absolute atomic E-state index is 11.8. The zero-order valence-electron chi connectivity index (χ0n) is 11.7. The Labute approximate surface area is 128 Å². The second kappa shape index (κ2) is 6.49. The van der Waals surface area contributed by atoms with Crippen molar-refractivity contribution in [3.63, 3.8) is 0 Å². The van der Waals surface area contributed by atoms with Crippen LogP contribution in [0.2, 0.25) is 0 Å². The standard InChI is InChI=1S/C17H15N3O2/c21-17(20-16-7-4-12-22-16)19-15-10-8-14(9-11-15)18-13-5-2-1-3-6-13/h1-12,18H,(H2,19,20,21). The summed E-state index contributed by atoms with van der Waals surface area (Å²) in [5.41, 5.74) is 2.66. The maximum atomic E-state index is 11.8. The first kappa shape index (κ1) is 13.8. The molecule has 0 fully saturated rings. The molecule has 2 amide bonds. The third-order valence-electron chi connectivity index (χ3n) is 2.96. The van der Waals surface area contributed by atoms with Crippen LogP contribution in [0, 0.1) is 0 Å². The van der Waals surface area contributed by atoms with Gasteiger partial charge < -0.3 is 15.1 Å². The summed E-state index contributed by atoms with van der Waals surface area (Å²) in [4.78, 5) is 11.8. The van der Waals surface area contributed by atoms with E-state index in [4.69, 9.17) is 4.42 Å². The van der Waals surface area contributed by atoms with E-state index in [1.165, 1.54) is 6.26 Å². The highest BCUT2D eigenvalue weighted by molar-refractivity contribution is 5.98. The number of amides is 2. The summed E-state index contributed by atoms with van der Waals surface area (Å²) in [6.07, 6.45) is 1.50. The van der Waals surface area contributed by atoms with Gasteiger partial charge in [-0.1, -0.05) is 18.2 Å². The number of benzene rings is 2. The molecule has 2 aromatic carbocycles. The van der Waals surface area contributed by atoms with Gasteiger partial charge in [0.05, 0.1) is 6.26 Å². The van der Waals surface area contributed by atoms with Crippen molar-refractivity contribution in [3.05, 3.63) is 73.0 Å². The predicted molar refractivity (Wildman–Crippen MR) is 87.5 cm³/mol. The normalized spacial score (nSPS) is 10.0.